The summed E-state index contributed by atoms with van der Waals surface area (Å²) in [4.78, 5) is 13.7. The lowest BCUT2D eigenvalue weighted by Crippen LogP contribution is -2.10. The third kappa shape index (κ3) is 4.07. The summed E-state index contributed by atoms with van der Waals surface area (Å²) in [6, 6.07) is 26.8. The summed E-state index contributed by atoms with van der Waals surface area (Å²) in [6.07, 6.45) is 3.58. The van der Waals surface area contributed by atoms with Gasteiger partial charge in [0.05, 0.1) is 17.1 Å². The molecule has 31 heavy (non-hydrogen) atoms. The Bertz CT molecular complexity index is 1330. The second-order valence-electron chi connectivity index (χ2n) is 7.34. The number of hydrogen-bond acceptors (Lipinski definition) is 4. The Morgan fingerprint density at radius 2 is 1.65 bits per heavy atom. The first-order valence-corrected chi connectivity index (χ1v) is 10.8. The van der Waals surface area contributed by atoms with Gasteiger partial charge in [-0.3, -0.25) is 4.57 Å². The molecule has 0 bridgehead atoms. The van der Waals surface area contributed by atoms with Gasteiger partial charge < -0.3 is 5.32 Å². The first-order chi connectivity index (χ1) is 15.2. The normalized spacial score (nSPS) is 12.1. The van der Waals surface area contributed by atoms with Crippen LogP contribution in [0.1, 0.15) is 18.5 Å². The zero-order valence-electron chi connectivity index (χ0n) is 16.9. The van der Waals surface area contributed by atoms with Crippen molar-refractivity contribution in [1.82, 2.24) is 19.5 Å². The molecule has 0 aliphatic carbocycles. The van der Waals surface area contributed by atoms with Crippen LogP contribution in [0.25, 0.3) is 28.0 Å². The third-order valence-corrected chi connectivity index (χ3v) is 5.79. The van der Waals surface area contributed by atoms with Crippen LogP contribution in [0, 0.1) is 0 Å². The second-order valence-corrected chi connectivity index (χ2v) is 8.26. The molecule has 5 rings (SSSR count). The topological polar surface area (TPSA) is 55.6 Å². The lowest BCUT2D eigenvalue weighted by Gasteiger charge is -2.14. The fourth-order valence-corrected chi connectivity index (χ4v) is 3.85. The minimum absolute atomic E-state index is 0.0972. The van der Waals surface area contributed by atoms with Crippen LogP contribution >= 0.6 is 15.9 Å². The van der Waals surface area contributed by atoms with Gasteiger partial charge >= 0.3 is 0 Å². The Morgan fingerprint density at radius 1 is 0.871 bits per heavy atom. The van der Waals surface area contributed by atoms with E-state index in [1.807, 2.05) is 53.4 Å². The number of aromatic nitrogens is 4. The highest BCUT2D eigenvalue weighted by atomic mass is 79.9. The van der Waals surface area contributed by atoms with E-state index in [-0.39, 0.29) is 6.04 Å². The van der Waals surface area contributed by atoms with Gasteiger partial charge in [-0.25, -0.2) is 9.97 Å². The van der Waals surface area contributed by atoms with E-state index in [0.29, 0.717) is 5.95 Å². The molecule has 0 amide bonds. The molecule has 0 radical (unpaired) electrons. The minimum Gasteiger partial charge on any atom is -0.348 e. The Balaban J connectivity index is 1.48. The van der Waals surface area contributed by atoms with Crippen molar-refractivity contribution in [1.29, 1.82) is 0 Å². The van der Waals surface area contributed by atoms with E-state index in [9.17, 15) is 0 Å². The highest BCUT2D eigenvalue weighted by Gasteiger charge is 2.11. The first kappa shape index (κ1) is 19.5. The number of benzene rings is 3. The average Bonchev–Trinajstić information content (AvgIpc) is 3.24. The number of nitrogens with one attached hydrogen (secondary N) is 1. The van der Waals surface area contributed by atoms with Gasteiger partial charge in [0, 0.05) is 10.7 Å². The highest BCUT2D eigenvalue weighted by Crippen LogP contribution is 2.27. The van der Waals surface area contributed by atoms with Crippen molar-refractivity contribution >= 4 is 32.9 Å². The van der Waals surface area contributed by atoms with Gasteiger partial charge in [0.25, 0.3) is 0 Å². The number of rotatable bonds is 5. The van der Waals surface area contributed by atoms with Gasteiger partial charge in [-0.2, -0.15) is 4.98 Å². The van der Waals surface area contributed by atoms with E-state index in [1.165, 1.54) is 5.56 Å². The van der Waals surface area contributed by atoms with E-state index < -0.39 is 0 Å². The molecule has 0 spiro atoms. The molecule has 0 saturated carbocycles. The maximum Gasteiger partial charge on any atom is 0.225 e. The molecule has 1 unspecified atom stereocenters. The second kappa shape index (κ2) is 8.32. The van der Waals surface area contributed by atoms with E-state index >= 15 is 0 Å². The van der Waals surface area contributed by atoms with E-state index in [1.54, 1.807) is 6.20 Å². The molecule has 152 valence electrons. The van der Waals surface area contributed by atoms with Gasteiger partial charge in [0.15, 0.2) is 0 Å². The molecule has 2 aromatic heterocycles. The molecule has 5 nitrogen and oxygen atoms in total. The largest absolute Gasteiger partial charge is 0.348 e. The molecular formula is C25H20BrN5. The van der Waals surface area contributed by atoms with Gasteiger partial charge in [-0.15, -0.1) is 0 Å². The zero-order valence-corrected chi connectivity index (χ0v) is 18.5. The lowest BCUT2D eigenvalue weighted by molar-refractivity contribution is 0.854. The van der Waals surface area contributed by atoms with Crippen LogP contribution in [0.2, 0.25) is 0 Å². The average molecular weight is 470 g/mol. The van der Waals surface area contributed by atoms with Crippen LogP contribution in [0.4, 0.5) is 5.95 Å². The SMILES string of the molecule is CC(Nc1nccc(-n2cnc3ccc(-c4ccc(Br)cc4)cc32)n1)c1ccccc1. The van der Waals surface area contributed by atoms with Crippen LogP contribution < -0.4 is 5.32 Å². The summed E-state index contributed by atoms with van der Waals surface area (Å²) < 4.78 is 3.06. The predicted octanol–water partition coefficient (Wildman–Crippen LogP) is 6.42. The van der Waals surface area contributed by atoms with Crippen molar-refractivity contribution in [2.45, 2.75) is 13.0 Å². The lowest BCUT2D eigenvalue weighted by atomic mass is 10.1. The summed E-state index contributed by atoms with van der Waals surface area (Å²) in [5.41, 5.74) is 5.39. The van der Waals surface area contributed by atoms with Crippen molar-refractivity contribution in [3.05, 3.63) is 101 Å². The molecule has 3 aromatic carbocycles. The maximum absolute atomic E-state index is 4.74. The summed E-state index contributed by atoms with van der Waals surface area (Å²) >= 11 is 3.50. The number of imidazole rings is 1. The number of anilines is 1. The molecule has 0 aliphatic heterocycles. The van der Waals surface area contributed by atoms with Crippen molar-refractivity contribution in [3.8, 4) is 16.9 Å². The Hall–Kier alpha value is -3.51. The number of hydrogen-bond donors (Lipinski definition) is 1. The zero-order chi connectivity index (χ0) is 21.2. The van der Waals surface area contributed by atoms with Crippen molar-refractivity contribution in [2.75, 3.05) is 5.32 Å². The monoisotopic (exact) mass is 469 g/mol. The number of fused-ring (bicyclic) bond motifs is 1. The van der Waals surface area contributed by atoms with E-state index in [4.69, 9.17) is 4.98 Å². The maximum atomic E-state index is 4.74. The molecular weight excluding hydrogens is 450 g/mol. The first-order valence-electron chi connectivity index (χ1n) is 10.1. The highest BCUT2D eigenvalue weighted by molar-refractivity contribution is 9.10. The van der Waals surface area contributed by atoms with E-state index in [2.05, 4.69) is 74.5 Å². The Labute approximate surface area is 189 Å². The van der Waals surface area contributed by atoms with Crippen LogP contribution in [0.5, 0.6) is 0 Å². The van der Waals surface area contributed by atoms with Gasteiger partial charge in [0.2, 0.25) is 5.95 Å². The van der Waals surface area contributed by atoms with Crippen LogP contribution in [0.15, 0.2) is 95.9 Å². The molecule has 1 atom stereocenters. The van der Waals surface area contributed by atoms with Crippen LogP contribution in [0.3, 0.4) is 0 Å². The number of nitrogens with zero attached hydrogens (tertiary/aromatic N) is 4. The molecule has 5 aromatic rings. The molecule has 6 heteroatoms. The smallest absolute Gasteiger partial charge is 0.225 e. The Kier molecular flexibility index (Phi) is 5.22. The van der Waals surface area contributed by atoms with Crippen LogP contribution in [-0.2, 0) is 0 Å². The summed E-state index contributed by atoms with van der Waals surface area (Å²) in [6.45, 7) is 2.10. The van der Waals surface area contributed by atoms with Crippen molar-refractivity contribution in [3.63, 3.8) is 0 Å². The fourth-order valence-electron chi connectivity index (χ4n) is 3.58. The summed E-state index contributed by atoms with van der Waals surface area (Å²) in [5.74, 6) is 1.35. The van der Waals surface area contributed by atoms with E-state index in [0.717, 1.165) is 32.5 Å². The minimum atomic E-state index is 0.0972. The fraction of sp³-hybridized carbons (Fsp3) is 0.0800. The molecule has 0 fully saturated rings. The number of halogens is 1. The molecule has 1 N–H and O–H groups in total. The Morgan fingerprint density at radius 3 is 2.45 bits per heavy atom. The predicted molar refractivity (Wildman–Crippen MR) is 128 cm³/mol. The molecule has 0 saturated heterocycles. The van der Waals surface area contributed by atoms with Crippen molar-refractivity contribution < 1.29 is 0 Å². The van der Waals surface area contributed by atoms with Gasteiger partial charge in [0.1, 0.15) is 12.1 Å². The third-order valence-electron chi connectivity index (χ3n) is 5.26. The van der Waals surface area contributed by atoms with Crippen LogP contribution in [-0.4, -0.2) is 19.5 Å². The summed E-state index contributed by atoms with van der Waals surface area (Å²) in [7, 11) is 0. The standard InChI is InChI=1S/C25H20BrN5/c1-17(18-5-3-2-4-6-18)29-25-27-14-13-24(30-25)31-16-28-22-12-9-20(15-23(22)31)19-7-10-21(26)11-8-19/h2-17H,1H3,(H,27,29,30). The quantitative estimate of drug-likeness (QED) is 0.322. The van der Waals surface area contributed by atoms with Gasteiger partial charge in [-0.05, 0) is 53.9 Å². The summed E-state index contributed by atoms with van der Waals surface area (Å²) in [5, 5.41) is 3.39. The molecule has 2 heterocycles. The van der Waals surface area contributed by atoms with Crippen molar-refractivity contribution in [2.24, 2.45) is 0 Å². The van der Waals surface area contributed by atoms with Gasteiger partial charge in [-0.1, -0.05) is 64.5 Å². The molecule has 0 aliphatic rings.